The maximum atomic E-state index is 10.4. The van der Waals surface area contributed by atoms with E-state index in [2.05, 4.69) is 26.0 Å². The van der Waals surface area contributed by atoms with Crippen LogP contribution in [0.4, 0.5) is 0 Å². The molecule has 0 heterocycles. The lowest BCUT2D eigenvalue weighted by Crippen LogP contribution is -1.90. The number of hydrogen-bond donors (Lipinski definition) is 4. The average molecular weight is 380 g/mol. The maximum absolute atomic E-state index is 10.4. The van der Waals surface area contributed by atoms with Crippen LogP contribution in [0, 0.1) is 0 Å². The van der Waals surface area contributed by atoms with Crippen molar-refractivity contribution in [2.45, 2.75) is 40.0 Å². The lowest BCUT2D eigenvalue weighted by molar-refractivity contribution is 0.399. The summed E-state index contributed by atoms with van der Waals surface area (Å²) < 4.78 is 0. The number of phenolic OH excluding ortho intramolecular Hbond substituents is 4. The minimum absolute atomic E-state index is 0.143. The van der Waals surface area contributed by atoms with Gasteiger partial charge in [0.2, 0.25) is 0 Å². The number of allylic oxidation sites excluding steroid dienone is 4. The molecule has 0 aliphatic carbocycles. The summed E-state index contributed by atoms with van der Waals surface area (Å²) in [5.74, 6) is -0.791. The van der Waals surface area contributed by atoms with Gasteiger partial charge < -0.3 is 20.4 Å². The molecule has 0 aliphatic heterocycles. The molecule has 2 rings (SSSR count). The number of benzene rings is 2. The highest BCUT2D eigenvalue weighted by molar-refractivity contribution is 5.77. The monoisotopic (exact) mass is 380 g/mol. The molecular formula is C24H28O4. The standard InChI is InChI=1S/C24H28O4/c1-4-16(2)7-5-8-17(3)15-20-14-13-19(23(27)24(20)28)12-11-18-9-6-10-21(25)22(18)26/h6-14,25-28H,4-5,15H2,1-3H3/b12-11+,16-7+,17-8+. The van der Waals surface area contributed by atoms with Crippen molar-refractivity contribution in [2.24, 2.45) is 0 Å². The van der Waals surface area contributed by atoms with Gasteiger partial charge in [-0.05, 0) is 39.2 Å². The number of phenols is 4. The van der Waals surface area contributed by atoms with Gasteiger partial charge in [-0.2, -0.15) is 0 Å². The van der Waals surface area contributed by atoms with E-state index in [0.717, 1.165) is 18.4 Å². The van der Waals surface area contributed by atoms with E-state index < -0.39 is 0 Å². The first-order chi connectivity index (χ1) is 13.3. The molecule has 0 fully saturated rings. The molecule has 2 aromatic rings. The van der Waals surface area contributed by atoms with Crippen LogP contribution in [0.25, 0.3) is 12.2 Å². The molecule has 0 saturated heterocycles. The molecule has 0 aromatic heterocycles. The molecule has 28 heavy (non-hydrogen) atoms. The molecule has 0 amide bonds. The van der Waals surface area contributed by atoms with Gasteiger partial charge in [0.15, 0.2) is 23.0 Å². The summed E-state index contributed by atoms with van der Waals surface area (Å²) in [4.78, 5) is 0. The van der Waals surface area contributed by atoms with E-state index in [1.807, 2.05) is 6.92 Å². The number of aromatic hydroxyl groups is 4. The molecule has 148 valence electrons. The third kappa shape index (κ3) is 5.43. The molecule has 0 atom stereocenters. The van der Waals surface area contributed by atoms with Crippen LogP contribution in [0.5, 0.6) is 23.0 Å². The van der Waals surface area contributed by atoms with Crippen molar-refractivity contribution in [3.8, 4) is 23.0 Å². The first kappa shape index (κ1) is 21.2. The minimum Gasteiger partial charge on any atom is -0.504 e. The Labute approximate surface area is 166 Å². The van der Waals surface area contributed by atoms with Crippen LogP contribution in [0.2, 0.25) is 0 Å². The average Bonchev–Trinajstić information content (AvgIpc) is 2.67. The zero-order valence-electron chi connectivity index (χ0n) is 16.6. The fourth-order valence-corrected chi connectivity index (χ4v) is 2.76. The van der Waals surface area contributed by atoms with Crippen LogP contribution < -0.4 is 0 Å². The fraction of sp³-hybridized carbons (Fsp3) is 0.250. The van der Waals surface area contributed by atoms with Gasteiger partial charge in [-0.3, -0.25) is 0 Å². The van der Waals surface area contributed by atoms with Gasteiger partial charge in [0.25, 0.3) is 0 Å². The van der Waals surface area contributed by atoms with Gasteiger partial charge in [-0.25, -0.2) is 0 Å². The Balaban J connectivity index is 2.17. The van der Waals surface area contributed by atoms with Crippen LogP contribution >= 0.6 is 0 Å². The lowest BCUT2D eigenvalue weighted by atomic mass is 10.0. The summed E-state index contributed by atoms with van der Waals surface area (Å²) in [6.07, 6.45) is 9.89. The van der Waals surface area contributed by atoms with Crippen LogP contribution in [0.1, 0.15) is 50.3 Å². The van der Waals surface area contributed by atoms with Crippen LogP contribution in [0.15, 0.2) is 53.6 Å². The predicted molar refractivity (Wildman–Crippen MR) is 115 cm³/mol. The molecule has 4 N–H and O–H groups in total. The van der Waals surface area contributed by atoms with Crippen LogP contribution in [-0.4, -0.2) is 20.4 Å². The zero-order chi connectivity index (χ0) is 20.7. The first-order valence-corrected chi connectivity index (χ1v) is 9.37. The van der Waals surface area contributed by atoms with E-state index in [1.54, 1.807) is 36.4 Å². The normalized spacial score (nSPS) is 12.7. The molecular weight excluding hydrogens is 352 g/mol. The van der Waals surface area contributed by atoms with Crippen molar-refractivity contribution in [1.29, 1.82) is 0 Å². The highest BCUT2D eigenvalue weighted by atomic mass is 16.3. The van der Waals surface area contributed by atoms with Crippen LogP contribution in [0.3, 0.4) is 0 Å². The summed E-state index contributed by atoms with van der Waals surface area (Å²) in [5.41, 5.74) is 3.95. The highest BCUT2D eigenvalue weighted by Gasteiger charge is 2.11. The Kier molecular flexibility index (Phi) is 7.33. The quantitative estimate of drug-likeness (QED) is 0.273. The van der Waals surface area contributed by atoms with Gasteiger partial charge >= 0.3 is 0 Å². The number of hydrogen-bond acceptors (Lipinski definition) is 4. The van der Waals surface area contributed by atoms with Gasteiger partial charge in [0.1, 0.15) is 0 Å². The third-order valence-corrected chi connectivity index (χ3v) is 4.71. The van der Waals surface area contributed by atoms with Gasteiger partial charge in [-0.1, -0.05) is 66.6 Å². The van der Waals surface area contributed by atoms with Gasteiger partial charge in [0.05, 0.1) is 0 Å². The van der Waals surface area contributed by atoms with Crippen molar-refractivity contribution in [3.63, 3.8) is 0 Å². The molecule has 0 unspecified atom stereocenters. The smallest absolute Gasteiger partial charge is 0.165 e. The Morgan fingerprint density at radius 3 is 2.11 bits per heavy atom. The molecule has 4 heteroatoms. The summed E-state index contributed by atoms with van der Waals surface area (Å²) in [6.45, 7) is 6.24. The van der Waals surface area contributed by atoms with Crippen molar-refractivity contribution < 1.29 is 20.4 Å². The molecule has 2 aromatic carbocycles. The Morgan fingerprint density at radius 2 is 1.43 bits per heavy atom. The molecule has 0 radical (unpaired) electrons. The second-order valence-electron chi connectivity index (χ2n) is 6.93. The van der Waals surface area contributed by atoms with E-state index in [-0.39, 0.29) is 23.0 Å². The Hall–Kier alpha value is -3.14. The van der Waals surface area contributed by atoms with E-state index in [1.165, 1.54) is 11.6 Å². The number of para-hydroxylation sites is 1. The Morgan fingerprint density at radius 1 is 0.786 bits per heavy atom. The SMILES string of the molecule is CC/C(C)=C/C/C=C(\C)Cc1ccc(/C=C/c2cccc(O)c2O)c(O)c1O. The first-order valence-electron chi connectivity index (χ1n) is 9.37. The van der Waals surface area contributed by atoms with E-state index >= 15 is 0 Å². The van der Waals surface area contributed by atoms with Crippen molar-refractivity contribution >= 4 is 12.2 Å². The zero-order valence-corrected chi connectivity index (χ0v) is 16.6. The van der Waals surface area contributed by atoms with Gasteiger partial charge in [-0.15, -0.1) is 0 Å². The summed E-state index contributed by atoms with van der Waals surface area (Å²) in [6, 6.07) is 8.14. The minimum atomic E-state index is -0.229. The van der Waals surface area contributed by atoms with Gasteiger partial charge in [0, 0.05) is 16.7 Å². The highest BCUT2D eigenvalue weighted by Crippen LogP contribution is 2.36. The van der Waals surface area contributed by atoms with Crippen molar-refractivity contribution in [2.75, 3.05) is 0 Å². The number of rotatable bonds is 7. The van der Waals surface area contributed by atoms with E-state index in [9.17, 15) is 20.4 Å². The summed E-state index contributed by atoms with van der Waals surface area (Å²) in [7, 11) is 0. The third-order valence-electron chi connectivity index (χ3n) is 4.71. The van der Waals surface area contributed by atoms with Crippen LogP contribution in [-0.2, 0) is 6.42 Å². The second kappa shape index (κ2) is 9.70. The fourth-order valence-electron chi connectivity index (χ4n) is 2.76. The maximum Gasteiger partial charge on any atom is 0.165 e. The van der Waals surface area contributed by atoms with Crippen molar-refractivity contribution in [3.05, 3.63) is 70.3 Å². The second-order valence-corrected chi connectivity index (χ2v) is 6.93. The molecule has 0 spiro atoms. The summed E-state index contributed by atoms with van der Waals surface area (Å²) >= 11 is 0. The van der Waals surface area contributed by atoms with Crippen molar-refractivity contribution in [1.82, 2.24) is 0 Å². The Bertz CT molecular complexity index is 920. The molecule has 0 aliphatic rings. The molecule has 0 saturated carbocycles. The predicted octanol–water partition coefficient (Wildman–Crippen LogP) is 5.91. The van der Waals surface area contributed by atoms with E-state index in [4.69, 9.17) is 0 Å². The molecule has 0 bridgehead atoms. The van der Waals surface area contributed by atoms with E-state index in [0.29, 0.717) is 23.1 Å². The molecule has 4 nitrogen and oxygen atoms in total. The topological polar surface area (TPSA) is 80.9 Å². The lowest BCUT2D eigenvalue weighted by Gasteiger charge is -2.09. The largest absolute Gasteiger partial charge is 0.504 e. The summed E-state index contributed by atoms with van der Waals surface area (Å²) in [5, 5.41) is 40.1.